The number of oxime groups is 2. The Labute approximate surface area is 269 Å². The molecule has 2 aliphatic heterocycles. The van der Waals surface area contributed by atoms with Crippen LogP contribution in [0.1, 0.15) is 34.5 Å². The van der Waals surface area contributed by atoms with E-state index in [9.17, 15) is 31.1 Å². The van der Waals surface area contributed by atoms with Crippen molar-refractivity contribution in [2.75, 3.05) is 7.11 Å². The van der Waals surface area contributed by atoms with Gasteiger partial charge in [0.05, 0.1) is 20.0 Å². The maximum atomic E-state index is 13.9. The van der Waals surface area contributed by atoms with Gasteiger partial charge in [-0.3, -0.25) is 0 Å². The van der Waals surface area contributed by atoms with Crippen LogP contribution in [-0.4, -0.2) is 46.2 Å². The molecule has 0 radical (unpaired) electrons. The summed E-state index contributed by atoms with van der Waals surface area (Å²) >= 11 is 28.6. The van der Waals surface area contributed by atoms with Gasteiger partial charge < -0.3 is 14.4 Å². The zero-order valence-electron chi connectivity index (χ0n) is 21.6. The van der Waals surface area contributed by atoms with Gasteiger partial charge >= 0.3 is 18.3 Å². The highest BCUT2D eigenvalue weighted by atomic mass is 35.5. The van der Waals surface area contributed by atoms with Crippen molar-refractivity contribution in [1.29, 1.82) is 0 Å². The molecule has 0 spiro atoms. The molecule has 44 heavy (non-hydrogen) atoms. The zero-order valence-corrected chi connectivity index (χ0v) is 25.4. The summed E-state index contributed by atoms with van der Waals surface area (Å²) in [5, 5.41) is 10.5. The van der Waals surface area contributed by atoms with Crippen LogP contribution in [0, 0.1) is 0 Å². The number of carbonyl (C=O) groups is 1. The van der Waals surface area contributed by atoms with E-state index in [0.717, 1.165) is 36.1 Å². The van der Waals surface area contributed by atoms with Gasteiger partial charge in [-0.25, -0.2) is 9.48 Å². The highest BCUT2D eigenvalue weighted by Gasteiger charge is 2.63. The van der Waals surface area contributed by atoms with Crippen LogP contribution in [0.2, 0.25) is 20.1 Å². The summed E-state index contributed by atoms with van der Waals surface area (Å²) in [5.41, 5.74) is -5.99. The van der Waals surface area contributed by atoms with Gasteiger partial charge in [0.1, 0.15) is 5.17 Å². The second kappa shape index (κ2) is 12.5. The molecule has 0 saturated heterocycles. The molecular formula is C25H15Cl5F6N4O4. The molecule has 5 rings (SSSR count). The van der Waals surface area contributed by atoms with Gasteiger partial charge in [0.25, 0.3) is 11.2 Å². The van der Waals surface area contributed by atoms with Gasteiger partial charge in [0, 0.05) is 37.4 Å². The monoisotopic (exact) mass is 724 g/mol. The summed E-state index contributed by atoms with van der Waals surface area (Å²) in [5.74, 6) is -0.874. The molecule has 2 aromatic carbocycles. The predicted octanol–water partition coefficient (Wildman–Crippen LogP) is 8.74. The molecule has 2 aliphatic rings. The van der Waals surface area contributed by atoms with Crippen LogP contribution in [0.3, 0.4) is 0 Å². The molecule has 236 valence electrons. The van der Waals surface area contributed by atoms with Crippen LogP contribution in [0.25, 0.3) is 0 Å². The third-order valence-corrected chi connectivity index (χ3v) is 7.31. The predicted molar refractivity (Wildman–Crippen MR) is 149 cm³/mol. The Kier molecular flexibility index (Phi) is 9.63. The maximum Gasteiger partial charge on any atom is 0.435 e. The topological polar surface area (TPSA) is 87.3 Å². The molecule has 0 aliphatic carbocycles. The average molecular weight is 727 g/mol. The Morgan fingerprint density at radius 2 is 1.25 bits per heavy atom. The molecule has 3 heterocycles. The van der Waals surface area contributed by atoms with Crippen LogP contribution in [-0.2, 0) is 25.6 Å². The van der Waals surface area contributed by atoms with E-state index in [4.69, 9.17) is 62.8 Å². The first-order valence-electron chi connectivity index (χ1n) is 11.8. The van der Waals surface area contributed by atoms with Crippen LogP contribution in [0.15, 0.2) is 59.0 Å². The van der Waals surface area contributed by atoms with Gasteiger partial charge in [-0.15, -0.1) is 0 Å². The molecule has 3 aromatic rings. The molecule has 2 atom stereocenters. The minimum absolute atomic E-state index is 0.0280. The van der Waals surface area contributed by atoms with E-state index in [0.29, 0.717) is 0 Å². The Morgan fingerprint density at radius 3 is 1.66 bits per heavy atom. The van der Waals surface area contributed by atoms with Crippen LogP contribution in [0.4, 0.5) is 26.3 Å². The summed E-state index contributed by atoms with van der Waals surface area (Å²) in [6.07, 6.45) is -9.51. The summed E-state index contributed by atoms with van der Waals surface area (Å²) in [6.45, 7) is 0. The Hall–Kier alpha value is -2.91. The number of hydrogen-bond donors (Lipinski definition) is 0. The Morgan fingerprint density at radius 1 is 0.795 bits per heavy atom. The van der Waals surface area contributed by atoms with Crippen LogP contribution < -0.4 is 0 Å². The number of esters is 1. The second-order valence-electron chi connectivity index (χ2n) is 9.11. The van der Waals surface area contributed by atoms with Gasteiger partial charge in [-0.1, -0.05) is 68.3 Å². The first-order chi connectivity index (χ1) is 20.4. The van der Waals surface area contributed by atoms with Crippen molar-refractivity contribution in [3.05, 3.63) is 85.6 Å². The lowest BCUT2D eigenvalue weighted by Gasteiger charge is -2.29. The molecule has 1 aromatic heterocycles. The van der Waals surface area contributed by atoms with Crippen LogP contribution >= 0.6 is 58.0 Å². The van der Waals surface area contributed by atoms with Crippen molar-refractivity contribution in [3.63, 3.8) is 0 Å². The normalized spacial score (nSPS) is 21.5. The van der Waals surface area contributed by atoms with E-state index < -0.39 is 42.4 Å². The van der Waals surface area contributed by atoms with Gasteiger partial charge in [-0.05, 0) is 42.5 Å². The Balaban J connectivity index is 0.000000215. The highest BCUT2D eigenvalue weighted by molar-refractivity contribution is 6.65. The number of alkyl halides is 6. The largest absolute Gasteiger partial charge is 0.464 e. The maximum absolute atomic E-state index is 13.9. The molecule has 0 amide bonds. The van der Waals surface area contributed by atoms with Crippen LogP contribution in [0.5, 0.6) is 0 Å². The molecule has 8 nitrogen and oxygen atoms in total. The summed E-state index contributed by atoms with van der Waals surface area (Å²) in [7, 11) is 1.16. The van der Waals surface area contributed by atoms with E-state index in [1.165, 1.54) is 24.4 Å². The quantitative estimate of drug-likeness (QED) is 0.199. The van der Waals surface area contributed by atoms with E-state index in [1.54, 1.807) is 0 Å². The fourth-order valence-corrected chi connectivity index (χ4v) is 5.41. The zero-order chi connectivity index (χ0) is 32.7. The third kappa shape index (κ3) is 6.69. The molecule has 19 heteroatoms. The first-order valence-corrected chi connectivity index (χ1v) is 13.7. The van der Waals surface area contributed by atoms with E-state index in [-0.39, 0.29) is 47.9 Å². The lowest BCUT2D eigenvalue weighted by molar-refractivity contribution is -0.276. The number of halogens is 11. The second-order valence-corrected chi connectivity index (χ2v) is 11.3. The molecule has 0 bridgehead atoms. The number of carbonyl (C=O) groups excluding carboxylic acids is 1. The molecule has 0 N–H and O–H groups in total. The SMILES string of the molecule is COC(=O)c1ccn(C2=NOC(c3cc(Cl)cc(Cl)c3)(C(F)(F)F)C2)n1.FC(F)(F)C1(c2cc(Cl)cc(Cl)c2)CC(Cl)=NO1. The number of ether oxygens (including phenoxy) is 1. The fraction of sp³-hybridized carbons (Fsp3) is 0.280. The van der Waals surface area contributed by atoms with Crippen molar-refractivity contribution in [2.45, 2.75) is 36.4 Å². The van der Waals surface area contributed by atoms with Crippen molar-refractivity contribution in [2.24, 2.45) is 10.3 Å². The number of aromatic nitrogens is 2. The third-order valence-electron chi connectivity index (χ3n) is 6.23. The van der Waals surface area contributed by atoms with Gasteiger partial charge in [0.2, 0.25) is 0 Å². The lowest BCUT2D eigenvalue weighted by atomic mass is 9.89. The van der Waals surface area contributed by atoms with E-state index in [1.807, 2.05) is 0 Å². The number of rotatable bonds is 3. The molecule has 0 fully saturated rings. The highest BCUT2D eigenvalue weighted by Crippen LogP contribution is 2.50. The number of hydrogen-bond acceptors (Lipinski definition) is 7. The number of methoxy groups -OCH3 is 1. The van der Waals surface area contributed by atoms with Gasteiger partial charge in [0.15, 0.2) is 11.5 Å². The Bertz CT molecular complexity index is 1610. The molecular weight excluding hydrogens is 712 g/mol. The summed E-state index contributed by atoms with van der Waals surface area (Å²) in [4.78, 5) is 20.8. The van der Waals surface area contributed by atoms with E-state index >= 15 is 0 Å². The smallest absolute Gasteiger partial charge is 0.435 e. The van der Waals surface area contributed by atoms with Crippen molar-refractivity contribution >= 4 is 75.0 Å². The van der Waals surface area contributed by atoms with Crippen molar-refractivity contribution in [1.82, 2.24) is 9.78 Å². The van der Waals surface area contributed by atoms with Crippen molar-refractivity contribution < 1.29 is 45.5 Å². The lowest BCUT2D eigenvalue weighted by Crippen LogP contribution is -2.43. The minimum Gasteiger partial charge on any atom is -0.464 e. The standard InChI is InChI=1S/C15H10Cl2F3N3O3.C10H5Cl3F3NO/c1-25-13(24)11-2-3-23(21-11)12-7-14(26-22-12,15(18,19)20)8-4-9(16)6-10(17)5-8;11-6-1-5(2-7(12)3-6)9(10(14,15)16)4-8(13)17-18-9/h2-6H,7H2,1H3;1-3H,4H2. The number of nitrogens with zero attached hydrogens (tertiary/aromatic N) is 4. The average Bonchev–Trinajstić information content (AvgIpc) is 3.66. The van der Waals surface area contributed by atoms with Gasteiger partial charge in [-0.2, -0.15) is 31.4 Å². The van der Waals surface area contributed by atoms with E-state index in [2.05, 4.69) is 25.0 Å². The first kappa shape index (κ1) is 34.0. The summed E-state index contributed by atoms with van der Waals surface area (Å²) in [6, 6.07) is 8.42. The fourth-order valence-electron chi connectivity index (χ4n) is 4.13. The minimum atomic E-state index is -4.81. The van der Waals surface area contributed by atoms with Crippen molar-refractivity contribution in [3.8, 4) is 0 Å². The molecule has 0 saturated carbocycles. The summed E-state index contributed by atoms with van der Waals surface area (Å²) < 4.78 is 86.7. The number of benzene rings is 2. The molecule has 2 unspecified atom stereocenters.